The maximum atomic E-state index is 13.3. The Morgan fingerprint density at radius 1 is 1.42 bits per heavy atom. The summed E-state index contributed by atoms with van der Waals surface area (Å²) in [6, 6.07) is 6.34. The first-order chi connectivity index (χ1) is 8.96. The van der Waals surface area contributed by atoms with Crippen molar-refractivity contribution in [1.82, 2.24) is 5.43 Å². The molecular formula is C15H17FN2O. The number of halogens is 1. The van der Waals surface area contributed by atoms with Crippen LogP contribution in [0.2, 0.25) is 0 Å². The van der Waals surface area contributed by atoms with E-state index in [0.29, 0.717) is 17.7 Å². The lowest BCUT2D eigenvalue weighted by molar-refractivity contribution is -0.126. The third kappa shape index (κ3) is 2.15. The number of ketones is 1. The van der Waals surface area contributed by atoms with E-state index < -0.39 is 0 Å². The molecule has 0 spiro atoms. The maximum Gasteiger partial charge on any atom is 0.144 e. The van der Waals surface area contributed by atoms with Crippen molar-refractivity contribution in [3.63, 3.8) is 0 Å². The summed E-state index contributed by atoms with van der Waals surface area (Å²) in [4.78, 5) is 12.3. The molecule has 2 atom stereocenters. The van der Waals surface area contributed by atoms with Crippen molar-refractivity contribution in [2.45, 2.75) is 32.7 Å². The van der Waals surface area contributed by atoms with Gasteiger partial charge in [-0.2, -0.15) is 5.10 Å². The number of carbonyl (C=O) groups excluding carboxylic acids is 1. The monoisotopic (exact) mass is 260 g/mol. The van der Waals surface area contributed by atoms with E-state index in [1.54, 1.807) is 12.1 Å². The first-order valence-electron chi connectivity index (χ1n) is 6.58. The van der Waals surface area contributed by atoms with Crippen molar-refractivity contribution in [3.05, 3.63) is 35.6 Å². The van der Waals surface area contributed by atoms with E-state index >= 15 is 0 Å². The number of fused-ring (bicyclic) bond motifs is 1. The van der Waals surface area contributed by atoms with Gasteiger partial charge in [0.25, 0.3) is 0 Å². The predicted molar refractivity (Wildman–Crippen MR) is 71.4 cm³/mol. The molecular weight excluding hydrogens is 243 g/mol. The smallest absolute Gasteiger partial charge is 0.144 e. The molecule has 1 fully saturated rings. The van der Waals surface area contributed by atoms with Crippen LogP contribution in [0, 0.1) is 17.2 Å². The maximum absolute atomic E-state index is 13.3. The minimum absolute atomic E-state index is 0.0121. The van der Waals surface area contributed by atoms with Crippen molar-refractivity contribution in [2.75, 3.05) is 0 Å². The number of carbonyl (C=O) groups is 1. The lowest BCUT2D eigenvalue weighted by atomic mass is 9.68. The molecule has 3 rings (SSSR count). The Labute approximate surface area is 111 Å². The number of hydrogen-bond acceptors (Lipinski definition) is 3. The van der Waals surface area contributed by atoms with E-state index in [9.17, 15) is 9.18 Å². The Balaban J connectivity index is 1.93. The third-order valence-electron chi connectivity index (χ3n) is 3.94. The molecule has 0 aromatic heterocycles. The van der Waals surface area contributed by atoms with Crippen LogP contribution in [-0.4, -0.2) is 17.5 Å². The van der Waals surface area contributed by atoms with Crippen LogP contribution in [-0.2, 0) is 4.79 Å². The molecule has 1 N–H and O–H groups in total. The predicted octanol–water partition coefficient (Wildman–Crippen LogP) is 2.51. The number of benzene rings is 1. The van der Waals surface area contributed by atoms with Crippen molar-refractivity contribution in [1.29, 1.82) is 0 Å². The second-order valence-electron chi connectivity index (χ2n) is 6.23. The van der Waals surface area contributed by atoms with Gasteiger partial charge in [-0.1, -0.05) is 26.0 Å². The zero-order valence-corrected chi connectivity index (χ0v) is 11.1. The molecule has 1 heterocycles. The van der Waals surface area contributed by atoms with Crippen LogP contribution in [0.3, 0.4) is 0 Å². The summed E-state index contributed by atoms with van der Waals surface area (Å²) >= 11 is 0. The van der Waals surface area contributed by atoms with E-state index in [-0.39, 0.29) is 29.0 Å². The van der Waals surface area contributed by atoms with Gasteiger partial charge in [0.05, 0.1) is 17.7 Å². The van der Waals surface area contributed by atoms with Gasteiger partial charge >= 0.3 is 0 Å². The number of hydrogen-bond donors (Lipinski definition) is 1. The Bertz CT molecular complexity index is 565. The van der Waals surface area contributed by atoms with Crippen LogP contribution >= 0.6 is 0 Å². The van der Waals surface area contributed by atoms with Gasteiger partial charge in [0.2, 0.25) is 0 Å². The molecule has 1 aromatic rings. The van der Waals surface area contributed by atoms with Gasteiger partial charge in [0.15, 0.2) is 0 Å². The Morgan fingerprint density at radius 3 is 2.95 bits per heavy atom. The molecule has 19 heavy (non-hydrogen) atoms. The largest absolute Gasteiger partial charge is 0.306 e. The minimum atomic E-state index is -0.299. The summed E-state index contributed by atoms with van der Waals surface area (Å²) in [5.74, 6) is -0.323. The second-order valence-corrected chi connectivity index (χ2v) is 6.23. The highest BCUT2D eigenvalue weighted by Crippen LogP contribution is 2.39. The van der Waals surface area contributed by atoms with E-state index in [0.717, 1.165) is 6.42 Å². The number of Topliss-reactive ketones (excluding diaryl/α,β-unsaturated/α-hetero) is 1. The summed E-state index contributed by atoms with van der Waals surface area (Å²) in [6.07, 6.45) is 1.47. The van der Waals surface area contributed by atoms with Gasteiger partial charge in [0, 0.05) is 12.0 Å². The van der Waals surface area contributed by atoms with E-state index in [1.165, 1.54) is 12.1 Å². The summed E-state index contributed by atoms with van der Waals surface area (Å²) in [5, 5.41) is 4.29. The van der Waals surface area contributed by atoms with Gasteiger partial charge in [-0.3, -0.25) is 4.79 Å². The van der Waals surface area contributed by atoms with Gasteiger partial charge in [-0.25, -0.2) is 4.39 Å². The number of hydrazone groups is 1. The molecule has 100 valence electrons. The van der Waals surface area contributed by atoms with Crippen LogP contribution in [0.5, 0.6) is 0 Å². The average molecular weight is 260 g/mol. The summed E-state index contributed by atoms with van der Waals surface area (Å²) < 4.78 is 13.3. The van der Waals surface area contributed by atoms with Gasteiger partial charge in [-0.05, 0) is 24.0 Å². The Hall–Kier alpha value is -1.71. The molecule has 2 aliphatic rings. The van der Waals surface area contributed by atoms with Crippen LogP contribution in [0.15, 0.2) is 29.4 Å². The van der Waals surface area contributed by atoms with Crippen molar-refractivity contribution < 1.29 is 9.18 Å². The minimum Gasteiger partial charge on any atom is -0.306 e. The highest BCUT2D eigenvalue weighted by atomic mass is 19.1. The van der Waals surface area contributed by atoms with Crippen LogP contribution in [0.25, 0.3) is 0 Å². The molecule has 3 nitrogen and oxygen atoms in total. The average Bonchev–Trinajstić information content (AvgIpc) is 2.71. The number of rotatable bonds is 1. The standard InChI is InChI=1S/C15H17FN2O/c1-15(2)7-11-13(12(19)8-15)14(18-17-11)9-4-3-5-10(16)6-9/h3-6,11,13,17H,7-8H2,1-2H3/t11-,13-/m0/s1. The van der Waals surface area contributed by atoms with E-state index in [2.05, 4.69) is 24.4 Å². The van der Waals surface area contributed by atoms with Crippen LogP contribution < -0.4 is 5.43 Å². The zero-order valence-electron chi connectivity index (χ0n) is 11.1. The lowest BCUT2D eigenvalue weighted by Gasteiger charge is -2.36. The summed E-state index contributed by atoms with van der Waals surface area (Å²) in [6.45, 7) is 4.20. The van der Waals surface area contributed by atoms with Crippen LogP contribution in [0.1, 0.15) is 32.3 Å². The quantitative estimate of drug-likeness (QED) is 0.843. The summed E-state index contributed by atoms with van der Waals surface area (Å²) in [5.41, 5.74) is 4.46. The number of nitrogens with one attached hydrogen (secondary N) is 1. The molecule has 1 aromatic carbocycles. The Kier molecular flexibility index (Phi) is 2.69. The third-order valence-corrected chi connectivity index (χ3v) is 3.94. The topological polar surface area (TPSA) is 41.5 Å². The molecule has 1 aliphatic carbocycles. The fourth-order valence-electron chi connectivity index (χ4n) is 3.17. The molecule has 4 heteroatoms. The van der Waals surface area contributed by atoms with Gasteiger partial charge < -0.3 is 5.43 Å². The molecule has 0 radical (unpaired) electrons. The number of nitrogens with zero attached hydrogens (tertiary/aromatic N) is 1. The fourth-order valence-corrected chi connectivity index (χ4v) is 3.17. The van der Waals surface area contributed by atoms with Crippen molar-refractivity contribution in [2.24, 2.45) is 16.4 Å². The molecule has 0 amide bonds. The van der Waals surface area contributed by atoms with E-state index in [1.807, 2.05) is 0 Å². The van der Waals surface area contributed by atoms with E-state index in [4.69, 9.17) is 0 Å². The SMILES string of the molecule is CC1(C)CC(=O)[C@H]2C(c3cccc(F)c3)=NN[C@H]2C1. The fraction of sp³-hybridized carbons (Fsp3) is 0.467. The van der Waals surface area contributed by atoms with Gasteiger partial charge in [-0.15, -0.1) is 0 Å². The molecule has 1 aliphatic heterocycles. The first-order valence-corrected chi connectivity index (χ1v) is 6.58. The zero-order chi connectivity index (χ0) is 13.6. The highest BCUT2D eigenvalue weighted by Gasteiger charge is 2.46. The van der Waals surface area contributed by atoms with Crippen LogP contribution in [0.4, 0.5) is 4.39 Å². The lowest BCUT2D eigenvalue weighted by Crippen LogP contribution is -2.45. The molecule has 1 saturated carbocycles. The normalized spacial score (nSPS) is 28.6. The second kappa shape index (κ2) is 4.15. The molecule has 0 saturated heterocycles. The summed E-state index contributed by atoms with van der Waals surface area (Å²) in [7, 11) is 0. The Morgan fingerprint density at radius 2 is 2.21 bits per heavy atom. The highest BCUT2D eigenvalue weighted by molar-refractivity contribution is 6.15. The molecule has 0 bridgehead atoms. The van der Waals surface area contributed by atoms with Crippen molar-refractivity contribution >= 4 is 11.5 Å². The first kappa shape index (κ1) is 12.3. The van der Waals surface area contributed by atoms with Gasteiger partial charge in [0.1, 0.15) is 11.6 Å². The van der Waals surface area contributed by atoms with Crippen molar-refractivity contribution in [3.8, 4) is 0 Å². The molecule has 0 unspecified atom stereocenters.